The van der Waals surface area contributed by atoms with Crippen LogP contribution in [-0.2, 0) is 33.6 Å². The molecule has 0 spiro atoms. The number of imide groups is 1. The first-order valence-corrected chi connectivity index (χ1v) is 14.5. The normalized spacial score (nSPS) is 18.0. The van der Waals surface area contributed by atoms with Crippen molar-refractivity contribution in [3.63, 3.8) is 0 Å². The molecule has 1 fully saturated rings. The maximum Gasteiger partial charge on any atom is 0.317 e. The number of aliphatic carboxylic acids is 3. The number of carbonyl (C=O) groups excluding carboxylic acids is 4. The lowest BCUT2D eigenvalue weighted by atomic mass is 10.3. The van der Waals surface area contributed by atoms with Crippen molar-refractivity contribution < 1.29 is 48.9 Å². The first kappa shape index (κ1) is 36.3. The van der Waals surface area contributed by atoms with Crippen molar-refractivity contribution in [1.82, 2.24) is 35.1 Å². The van der Waals surface area contributed by atoms with E-state index in [0.717, 1.165) is 17.1 Å². The molecule has 0 aromatic heterocycles. The monoisotopic (exact) mass is 625 g/mol. The summed E-state index contributed by atoms with van der Waals surface area (Å²) in [6.07, 6.45) is 3.50. The van der Waals surface area contributed by atoms with E-state index in [-0.39, 0.29) is 64.0 Å². The third-order valence-electron chi connectivity index (χ3n) is 7.08. The Morgan fingerprint density at radius 3 is 1.27 bits per heavy atom. The van der Waals surface area contributed by atoms with E-state index < -0.39 is 29.7 Å². The Balaban J connectivity index is 1.80. The van der Waals surface area contributed by atoms with Crippen LogP contribution in [0.3, 0.4) is 0 Å². The Morgan fingerprint density at radius 2 is 0.909 bits per heavy atom. The highest BCUT2D eigenvalue weighted by Crippen LogP contribution is 2.04. The molecule has 0 saturated carbocycles. The Kier molecular flexibility index (Phi) is 16.0. The molecule has 2 aliphatic heterocycles. The molecule has 0 aromatic rings. The second kappa shape index (κ2) is 19.4. The van der Waals surface area contributed by atoms with Crippen LogP contribution in [0.25, 0.3) is 0 Å². The highest BCUT2D eigenvalue weighted by molar-refractivity contribution is 6.13. The SMILES string of the molecule is O=C(O)CN1CCN(CC(=O)O)CCN(CC(=O)NCCCCNC(=O)CCN2C(=O)C=CC2=O)CCN(CC(=O)O)CC1. The Bertz CT molecular complexity index is 1020. The lowest BCUT2D eigenvalue weighted by Gasteiger charge is -2.32. The summed E-state index contributed by atoms with van der Waals surface area (Å²) >= 11 is 0. The third kappa shape index (κ3) is 15.0. The average Bonchev–Trinajstić information content (AvgIpc) is 3.26. The third-order valence-corrected chi connectivity index (χ3v) is 7.08. The highest BCUT2D eigenvalue weighted by Gasteiger charge is 2.24. The van der Waals surface area contributed by atoms with Crippen LogP contribution >= 0.6 is 0 Å². The minimum Gasteiger partial charge on any atom is -0.480 e. The summed E-state index contributed by atoms with van der Waals surface area (Å²) in [4.78, 5) is 89.7. The fourth-order valence-electron chi connectivity index (χ4n) is 4.70. The van der Waals surface area contributed by atoms with E-state index in [1.165, 1.54) is 0 Å². The molecule has 17 heteroatoms. The van der Waals surface area contributed by atoms with Gasteiger partial charge >= 0.3 is 17.9 Å². The maximum absolute atomic E-state index is 12.7. The van der Waals surface area contributed by atoms with Gasteiger partial charge in [0, 0.05) is 90.6 Å². The van der Waals surface area contributed by atoms with Gasteiger partial charge in [-0.15, -0.1) is 0 Å². The Morgan fingerprint density at radius 1 is 0.568 bits per heavy atom. The van der Waals surface area contributed by atoms with Crippen molar-refractivity contribution in [1.29, 1.82) is 0 Å². The first-order valence-electron chi connectivity index (χ1n) is 14.5. The number of carboxylic acid groups (broad SMARTS) is 3. The van der Waals surface area contributed by atoms with Crippen LogP contribution in [-0.4, -0.2) is 180 Å². The number of carboxylic acids is 3. The molecule has 0 aliphatic carbocycles. The molecule has 4 amide bonds. The lowest BCUT2D eigenvalue weighted by molar-refractivity contribution is -0.140. The summed E-state index contributed by atoms with van der Waals surface area (Å²) < 4.78 is 0. The summed E-state index contributed by atoms with van der Waals surface area (Å²) in [5.74, 6) is -4.50. The minimum atomic E-state index is -1.03. The van der Waals surface area contributed by atoms with E-state index in [4.69, 9.17) is 0 Å². The maximum atomic E-state index is 12.7. The molecule has 2 rings (SSSR count). The van der Waals surface area contributed by atoms with Crippen molar-refractivity contribution >= 4 is 41.5 Å². The molecule has 2 heterocycles. The van der Waals surface area contributed by atoms with Gasteiger partial charge in [-0.2, -0.15) is 0 Å². The first-order chi connectivity index (χ1) is 20.9. The second-order valence-corrected chi connectivity index (χ2v) is 10.6. The summed E-state index contributed by atoms with van der Waals surface area (Å²) in [7, 11) is 0. The zero-order valence-corrected chi connectivity index (χ0v) is 24.8. The van der Waals surface area contributed by atoms with E-state index in [1.807, 2.05) is 4.90 Å². The van der Waals surface area contributed by atoms with Crippen molar-refractivity contribution in [2.75, 3.05) is 98.2 Å². The van der Waals surface area contributed by atoms with Crippen molar-refractivity contribution in [2.24, 2.45) is 0 Å². The number of nitrogens with zero attached hydrogens (tertiary/aromatic N) is 5. The molecule has 17 nitrogen and oxygen atoms in total. The van der Waals surface area contributed by atoms with Gasteiger partial charge in [0.1, 0.15) is 0 Å². The molecule has 2 aliphatic rings. The Labute approximate surface area is 255 Å². The van der Waals surface area contributed by atoms with Crippen LogP contribution < -0.4 is 10.6 Å². The molecule has 246 valence electrons. The summed E-state index contributed by atoms with van der Waals surface area (Å²) in [6, 6.07) is 0. The standard InChI is InChI=1S/C27H43N7O10/c35-21(5-8-34-23(37)3-4-24(34)38)28-6-1-2-7-29-22(36)17-30-9-11-31(18-25(39)40)13-15-33(20-27(43)44)16-14-32(12-10-30)19-26(41)42/h3-4H,1-2,5-20H2,(H,28,35)(H,29,36)(H,39,40)(H,41,42)(H,43,44). The largest absolute Gasteiger partial charge is 0.480 e. The molecule has 0 aromatic carbocycles. The van der Waals surface area contributed by atoms with E-state index in [1.54, 1.807) is 14.7 Å². The van der Waals surface area contributed by atoms with E-state index in [2.05, 4.69) is 10.6 Å². The van der Waals surface area contributed by atoms with E-state index in [0.29, 0.717) is 65.2 Å². The van der Waals surface area contributed by atoms with Gasteiger partial charge in [0.2, 0.25) is 11.8 Å². The second-order valence-electron chi connectivity index (χ2n) is 10.6. The van der Waals surface area contributed by atoms with Gasteiger partial charge in [0.05, 0.1) is 26.2 Å². The van der Waals surface area contributed by atoms with Gasteiger partial charge in [-0.3, -0.25) is 58.1 Å². The lowest BCUT2D eigenvalue weighted by Crippen LogP contribution is -2.49. The van der Waals surface area contributed by atoms with Crippen LogP contribution in [0.2, 0.25) is 0 Å². The highest BCUT2D eigenvalue weighted by atomic mass is 16.4. The summed E-state index contributed by atoms with van der Waals surface area (Å²) in [5.41, 5.74) is 0. The molecule has 0 atom stereocenters. The molecule has 0 bridgehead atoms. The number of amides is 4. The van der Waals surface area contributed by atoms with Gasteiger partial charge in [-0.05, 0) is 12.8 Å². The zero-order chi connectivity index (χ0) is 32.5. The van der Waals surface area contributed by atoms with Gasteiger partial charge in [-0.25, -0.2) is 0 Å². The van der Waals surface area contributed by atoms with Crippen molar-refractivity contribution in [3.05, 3.63) is 12.2 Å². The Hall–Kier alpha value is -3.93. The topological polar surface area (TPSA) is 220 Å². The van der Waals surface area contributed by atoms with Crippen LogP contribution in [0, 0.1) is 0 Å². The number of nitrogens with one attached hydrogen (secondary N) is 2. The predicted molar refractivity (Wildman–Crippen MR) is 154 cm³/mol. The minimum absolute atomic E-state index is 0.000107. The number of hydrogen-bond donors (Lipinski definition) is 5. The summed E-state index contributed by atoms with van der Waals surface area (Å²) in [6.45, 7) is 2.50. The predicted octanol–water partition coefficient (Wildman–Crippen LogP) is -3.21. The molecule has 5 N–H and O–H groups in total. The van der Waals surface area contributed by atoms with Crippen LogP contribution in [0.15, 0.2) is 12.2 Å². The van der Waals surface area contributed by atoms with Crippen LogP contribution in [0.5, 0.6) is 0 Å². The smallest absolute Gasteiger partial charge is 0.317 e. The molecule has 0 radical (unpaired) electrons. The number of unbranched alkanes of at least 4 members (excludes halogenated alkanes) is 1. The fraction of sp³-hybridized carbons (Fsp3) is 0.667. The van der Waals surface area contributed by atoms with Crippen molar-refractivity contribution in [2.45, 2.75) is 19.3 Å². The van der Waals surface area contributed by atoms with Crippen LogP contribution in [0.4, 0.5) is 0 Å². The van der Waals surface area contributed by atoms with E-state index >= 15 is 0 Å². The van der Waals surface area contributed by atoms with Gasteiger partial charge in [-0.1, -0.05) is 0 Å². The molecular weight excluding hydrogens is 582 g/mol. The van der Waals surface area contributed by atoms with E-state index in [9.17, 15) is 48.9 Å². The summed E-state index contributed by atoms with van der Waals surface area (Å²) in [5, 5.41) is 33.5. The van der Waals surface area contributed by atoms with Gasteiger partial charge in [0.15, 0.2) is 0 Å². The number of hydrogen-bond acceptors (Lipinski definition) is 11. The number of carbonyl (C=O) groups is 7. The molecular formula is C27H43N7O10. The zero-order valence-electron chi connectivity index (χ0n) is 24.8. The quantitative estimate of drug-likeness (QED) is 0.0842. The van der Waals surface area contributed by atoms with Gasteiger partial charge < -0.3 is 26.0 Å². The average molecular weight is 626 g/mol. The fourth-order valence-corrected chi connectivity index (χ4v) is 4.70. The number of rotatable bonds is 16. The molecule has 0 unspecified atom stereocenters. The van der Waals surface area contributed by atoms with Crippen molar-refractivity contribution in [3.8, 4) is 0 Å². The van der Waals surface area contributed by atoms with Crippen LogP contribution in [0.1, 0.15) is 19.3 Å². The molecule has 1 saturated heterocycles. The molecule has 44 heavy (non-hydrogen) atoms. The van der Waals surface area contributed by atoms with Gasteiger partial charge in [0.25, 0.3) is 11.8 Å².